The average molecular weight is 127 g/mol. The number of rotatable bonds is 2. The molecular weight excluding hydrogens is 119 g/mol. The van der Waals surface area contributed by atoms with E-state index < -0.39 is 11.9 Å². The number of hydrogen-bond acceptors (Lipinski definition) is 2. The fourth-order valence-corrected chi connectivity index (χ4v) is 0.0781. The van der Waals surface area contributed by atoms with Crippen molar-refractivity contribution in [3.63, 3.8) is 0 Å². The van der Waals surface area contributed by atoms with Crippen LogP contribution in [0.15, 0.2) is 0 Å². The zero-order valence-corrected chi connectivity index (χ0v) is 7.09. The molecule has 3 nitrogen and oxygen atoms in total. The quantitative estimate of drug-likeness (QED) is 0.382. The van der Waals surface area contributed by atoms with Crippen LogP contribution in [-0.2, 0) is 4.79 Å². The third-order valence-corrected chi connectivity index (χ3v) is 0.695. The fraction of sp³-hybridized carbons (Fsp3) is 0.750. The summed E-state index contributed by atoms with van der Waals surface area (Å²) in [4.78, 5) is 9.77. The van der Waals surface area contributed by atoms with Crippen LogP contribution in [0, 0.1) is 5.92 Å². The minimum atomic E-state index is -0.956. The summed E-state index contributed by atoms with van der Waals surface area (Å²) in [6.45, 7) is 1.16. The van der Waals surface area contributed by atoms with Gasteiger partial charge in [-0.3, -0.25) is 4.79 Å². The summed E-state index contributed by atoms with van der Waals surface area (Å²) in [5, 5.41) is 16.1. The molecule has 0 aliphatic carbocycles. The maximum Gasteiger partial charge on any atom is 1.00 e. The van der Waals surface area contributed by atoms with Gasteiger partial charge in [-0.05, 0) is 6.92 Å². The summed E-state index contributed by atoms with van der Waals surface area (Å²) >= 11 is 0. The molecule has 0 amide bonds. The topological polar surface area (TPSA) is 57.5 Å². The van der Waals surface area contributed by atoms with Crippen molar-refractivity contribution in [2.75, 3.05) is 6.61 Å². The molecule has 0 aromatic rings. The van der Waals surface area contributed by atoms with Gasteiger partial charge in [-0.2, -0.15) is 0 Å². The van der Waals surface area contributed by atoms with Gasteiger partial charge in [0.2, 0.25) is 0 Å². The van der Waals surface area contributed by atoms with Gasteiger partial charge in [0, 0.05) is 0 Å². The summed E-state index contributed by atoms with van der Waals surface area (Å²) < 4.78 is 0. The Bertz CT molecular complexity index is 73.7. The minimum Gasteiger partial charge on any atom is -0.481 e. The molecule has 2 N–H and O–H groups in total. The Morgan fingerprint density at radius 1 is 1.75 bits per heavy atom. The van der Waals surface area contributed by atoms with Crippen molar-refractivity contribution >= 4 is 5.97 Å². The van der Waals surface area contributed by atoms with Crippen molar-refractivity contribution in [3.05, 3.63) is 0 Å². The predicted molar refractivity (Wildman–Crippen MR) is 23.9 cm³/mol. The van der Waals surface area contributed by atoms with Crippen molar-refractivity contribution in [1.29, 1.82) is 0 Å². The number of carboxylic acids is 1. The Morgan fingerprint density at radius 3 is 2.12 bits per heavy atom. The monoisotopic (exact) mass is 127 g/mol. The van der Waals surface area contributed by atoms with Crippen LogP contribution in [0.5, 0.6) is 0 Å². The van der Waals surface area contributed by atoms with Crippen LogP contribution in [0.4, 0.5) is 0 Å². The van der Waals surface area contributed by atoms with Gasteiger partial charge >= 0.3 is 35.5 Å². The van der Waals surface area contributed by atoms with E-state index in [1.54, 1.807) is 0 Å². The van der Waals surface area contributed by atoms with Crippen LogP contribution in [0.25, 0.3) is 0 Å². The van der Waals surface area contributed by atoms with E-state index in [4.69, 9.17) is 10.2 Å². The van der Waals surface area contributed by atoms with Gasteiger partial charge in [0.15, 0.2) is 0 Å². The van der Waals surface area contributed by atoms with E-state index in [2.05, 4.69) is 0 Å². The van der Waals surface area contributed by atoms with Crippen molar-refractivity contribution in [2.45, 2.75) is 6.92 Å². The number of hydrogen-bond donors (Lipinski definition) is 2. The van der Waals surface area contributed by atoms with Gasteiger partial charge < -0.3 is 10.2 Å². The molecule has 0 heterocycles. The summed E-state index contributed by atoms with van der Waals surface area (Å²) in [6, 6.07) is 0. The van der Waals surface area contributed by atoms with Gasteiger partial charge in [-0.1, -0.05) is 0 Å². The molecule has 0 spiro atoms. The molecule has 42 valence electrons. The van der Waals surface area contributed by atoms with Gasteiger partial charge in [0.25, 0.3) is 0 Å². The molecular formula is C4H8NaO3+. The predicted octanol–water partition coefficient (Wildman–Crippen LogP) is -3.30. The van der Waals surface area contributed by atoms with Crippen molar-refractivity contribution < 1.29 is 44.6 Å². The molecule has 0 aliphatic heterocycles. The molecule has 0 aromatic heterocycles. The van der Waals surface area contributed by atoms with Crippen LogP contribution >= 0.6 is 0 Å². The Kier molecular flexibility index (Phi) is 7.83. The zero-order valence-electron chi connectivity index (χ0n) is 5.09. The Labute approximate surface area is 70.0 Å². The van der Waals surface area contributed by atoms with Crippen LogP contribution in [0.2, 0.25) is 0 Å². The van der Waals surface area contributed by atoms with Crippen LogP contribution in [-0.4, -0.2) is 22.8 Å². The van der Waals surface area contributed by atoms with Gasteiger partial charge in [-0.25, -0.2) is 0 Å². The second kappa shape index (κ2) is 5.56. The fourth-order valence-electron chi connectivity index (χ4n) is 0.0781. The SMILES string of the molecule is C[C@H](CO)C(=O)O.[Na+]. The summed E-state index contributed by atoms with van der Waals surface area (Å²) in [5.41, 5.74) is 0. The number of aliphatic carboxylic acids is 1. The van der Waals surface area contributed by atoms with E-state index in [9.17, 15) is 4.79 Å². The molecule has 0 aromatic carbocycles. The Balaban J connectivity index is 0. The molecule has 4 heteroatoms. The summed E-state index contributed by atoms with van der Waals surface area (Å²) in [7, 11) is 0. The molecule has 0 aliphatic rings. The summed E-state index contributed by atoms with van der Waals surface area (Å²) in [5.74, 6) is -1.58. The van der Waals surface area contributed by atoms with E-state index in [-0.39, 0.29) is 36.2 Å². The van der Waals surface area contributed by atoms with E-state index in [0.717, 1.165) is 0 Å². The second-order valence-electron chi connectivity index (χ2n) is 1.42. The van der Waals surface area contributed by atoms with Crippen LogP contribution in [0.1, 0.15) is 6.92 Å². The molecule has 0 unspecified atom stereocenters. The normalized spacial score (nSPS) is 11.8. The van der Waals surface area contributed by atoms with Crippen molar-refractivity contribution in [1.82, 2.24) is 0 Å². The smallest absolute Gasteiger partial charge is 0.481 e. The van der Waals surface area contributed by atoms with Gasteiger partial charge in [0.1, 0.15) is 0 Å². The average Bonchev–Trinajstić information content (AvgIpc) is 1.65. The standard InChI is InChI=1S/C4H8O3.Na/c1-3(2-5)4(6)7;/h3,5H,2H2,1H3,(H,6,7);/q;+1/t3-;/m1./s1. The molecule has 8 heavy (non-hydrogen) atoms. The first kappa shape index (κ1) is 11.3. The molecule has 0 saturated heterocycles. The maximum absolute atomic E-state index is 9.77. The third kappa shape index (κ3) is 4.59. The van der Waals surface area contributed by atoms with Crippen molar-refractivity contribution in [3.8, 4) is 0 Å². The van der Waals surface area contributed by atoms with Crippen LogP contribution in [0.3, 0.4) is 0 Å². The van der Waals surface area contributed by atoms with E-state index in [0.29, 0.717) is 0 Å². The first-order chi connectivity index (χ1) is 3.18. The molecule has 0 bridgehead atoms. The Hall–Kier alpha value is 0.430. The number of carboxylic acid groups (broad SMARTS) is 1. The second-order valence-corrected chi connectivity index (χ2v) is 1.42. The van der Waals surface area contributed by atoms with Gasteiger partial charge in [0.05, 0.1) is 12.5 Å². The van der Waals surface area contributed by atoms with Crippen LogP contribution < -0.4 is 29.6 Å². The first-order valence-corrected chi connectivity index (χ1v) is 2.02. The van der Waals surface area contributed by atoms with E-state index >= 15 is 0 Å². The van der Waals surface area contributed by atoms with E-state index in [1.807, 2.05) is 0 Å². The molecule has 0 fully saturated rings. The Morgan fingerprint density at radius 2 is 2.12 bits per heavy atom. The maximum atomic E-state index is 9.77. The minimum absolute atomic E-state index is 0. The zero-order chi connectivity index (χ0) is 5.86. The van der Waals surface area contributed by atoms with Crippen molar-refractivity contribution in [2.24, 2.45) is 5.92 Å². The third-order valence-electron chi connectivity index (χ3n) is 0.695. The van der Waals surface area contributed by atoms with E-state index in [1.165, 1.54) is 6.92 Å². The molecule has 0 radical (unpaired) electrons. The first-order valence-electron chi connectivity index (χ1n) is 2.02. The molecule has 1 atom stereocenters. The van der Waals surface area contributed by atoms with Gasteiger partial charge in [-0.15, -0.1) is 0 Å². The largest absolute Gasteiger partial charge is 1.00 e. The molecule has 0 saturated carbocycles. The number of carbonyl (C=O) groups is 1. The summed E-state index contributed by atoms with van der Waals surface area (Å²) in [6.07, 6.45) is 0. The molecule has 0 rings (SSSR count). The number of aliphatic hydroxyl groups is 1. The number of aliphatic hydroxyl groups excluding tert-OH is 1.